The third kappa shape index (κ3) is 22.7. The van der Waals surface area contributed by atoms with Crippen LogP contribution < -0.4 is 19.5 Å². The normalized spacial score (nSPS) is 20.7. The average molecular weight is 1650 g/mol. The summed E-state index contributed by atoms with van der Waals surface area (Å²) >= 11 is 0. The van der Waals surface area contributed by atoms with E-state index in [1.54, 1.807) is 41.3 Å². The van der Waals surface area contributed by atoms with Crippen molar-refractivity contribution in [2.24, 2.45) is 0 Å². The minimum Gasteiger partial charge on any atom is -0.489 e. The minimum absolute atomic E-state index is 0.00481. The number of carbonyl (C=O) groups excluding carboxylic acids is 7. The summed E-state index contributed by atoms with van der Waals surface area (Å²) in [6.45, 7) is 22.8. The van der Waals surface area contributed by atoms with Crippen molar-refractivity contribution in [3.8, 4) is 17.2 Å². The van der Waals surface area contributed by atoms with Gasteiger partial charge in [0.1, 0.15) is 41.2 Å². The molecule has 0 bridgehead atoms. The van der Waals surface area contributed by atoms with Crippen molar-refractivity contribution in [2.45, 2.75) is 82.1 Å². The Morgan fingerprint density at radius 3 is 0.966 bits per heavy atom. The zero-order chi connectivity index (χ0) is 82.4. The molecule has 9 fully saturated rings. The first-order valence-corrected chi connectivity index (χ1v) is 43.6. The van der Waals surface area contributed by atoms with Crippen LogP contribution in [0, 0.1) is 0 Å². The smallest absolute Gasteiger partial charge is 0.410 e. The van der Waals surface area contributed by atoms with Gasteiger partial charge in [0, 0.05) is 234 Å². The minimum atomic E-state index is -3.44. The number of likely N-dealkylation sites (tertiary alicyclic amines) is 4. The second kappa shape index (κ2) is 38.9. The third-order valence-corrected chi connectivity index (χ3v) is 25.8. The Balaban J connectivity index is 0.000000154. The number of amides is 7. The molecule has 9 heterocycles. The van der Waals surface area contributed by atoms with Gasteiger partial charge in [-0.25, -0.2) is 4.79 Å². The molecule has 116 heavy (non-hydrogen) atoms. The van der Waals surface area contributed by atoms with E-state index in [0.29, 0.717) is 131 Å². The molecule has 15 rings (SSSR count). The lowest BCUT2D eigenvalue weighted by molar-refractivity contribution is 0.00806. The van der Waals surface area contributed by atoms with Crippen molar-refractivity contribution in [3.05, 3.63) is 197 Å². The molecular weight excluding hydrogens is 1540 g/mol. The van der Waals surface area contributed by atoms with Gasteiger partial charge in [0.05, 0.1) is 13.1 Å². The van der Waals surface area contributed by atoms with Gasteiger partial charge in [-0.2, -0.15) is 29.8 Å². The van der Waals surface area contributed by atoms with Gasteiger partial charge in [-0.3, -0.25) is 43.5 Å². The predicted octanol–water partition coefficient (Wildman–Crippen LogP) is 6.33. The summed E-state index contributed by atoms with van der Waals surface area (Å²) in [5, 5.41) is 3.29. The number of ether oxygens (including phenoxy) is 4. The molecule has 0 aliphatic carbocycles. The van der Waals surface area contributed by atoms with Gasteiger partial charge >= 0.3 is 6.09 Å². The van der Waals surface area contributed by atoms with Crippen LogP contribution in [0.4, 0.5) is 4.79 Å². The molecule has 9 saturated heterocycles. The zero-order valence-corrected chi connectivity index (χ0v) is 69.7. The maximum absolute atomic E-state index is 13.0. The molecule has 9 aliphatic rings. The van der Waals surface area contributed by atoms with Gasteiger partial charge < -0.3 is 58.6 Å². The molecule has 29 nitrogen and oxygen atoms in total. The highest BCUT2D eigenvalue weighted by Crippen LogP contribution is 2.29. The summed E-state index contributed by atoms with van der Waals surface area (Å²) in [4.78, 5) is 109. The summed E-state index contributed by atoms with van der Waals surface area (Å²) in [6, 6.07) is 51.1. The maximum atomic E-state index is 13.0. The van der Waals surface area contributed by atoms with Gasteiger partial charge in [0.25, 0.3) is 54.9 Å². The van der Waals surface area contributed by atoms with Gasteiger partial charge in [-0.1, -0.05) is 54.6 Å². The summed E-state index contributed by atoms with van der Waals surface area (Å²) in [5.41, 5.74) is 3.64. The Morgan fingerprint density at radius 2 is 0.664 bits per heavy atom. The second-order valence-corrected chi connectivity index (χ2v) is 36.7. The molecule has 6 aromatic rings. The Morgan fingerprint density at radius 1 is 0.362 bits per heavy atom. The van der Waals surface area contributed by atoms with Gasteiger partial charge in [0.2, 0.25) is 0 Å². The number of benzene rings is 6. The van der Waals surface area contributed by atoms with Crippen molar-refractivity contribution in [3.63, 3.8) is 0 Å². The van der Waals surface area contributed by atoms with Crippen molar-refractivity contribution in [1.29, 1.82) is 0 Å². The molecule has 1 N–H and O–H groups in total. The summed E-state index contributed by atoms with van der Waals surface area (Å²) < 4.78 is 71.6. The topological polar surface area (TPSA) is 279 Å². The lowest BCUT2D eigenvalue weighted by atomic mass is 10.0. The van der Waals surface area contributed by atoms with Crippen LogP contribution in [0.2, 0.25) is 0 Å². The highest BCUT2D eigenvalue weighted by atomic mass is 35.7. The van der Waals surface area contributed by atoms with Crippen LogP contribution in [0.15, 0.2) is 164 Å². The number of hydrogen-bond donors (Lipinski definition) is 1. The molecule has 6 aromatic carbocycles. The first-order chi connectivity index (χ1) is 55.5. The average Bonchev–Trinajstić information content (AvgIpc) is 1.17. The Hall–Kier alpha value is -9.28. The molecule has 3 atom stereocenters. The molecule has 7 amide bonds. The highest BCUT2D eigenvalue weighted by Gasteiger charge is 2.42. The van der Waals surface area contributed by atoms with Crippen LogP contribution in [0.1, 0.15) is 102 Å². The monoisotopic (exact) mass is 1650 g/mol. The number of piperazine rings is 3. The Bertz CT molecular complexity index is 4530. The molecule has 0 aromatic heterocycles. The number of nitrogens with zero attached hydrogens (tertiary/aromatic N) is 13. The standard InChI is InChI=1S/C30H38N4O5.C27H35N5O5S.C25H30N4O3.C2H6ClNO2S/c1-30(2,3)39-29(37)33-14-13-26(21-33)38-25-11-9-23(10-12-25)28(36)34-19-24(20-34)31-15-17-32(18-16-31)27(35)22-7-5-4-6-8-22;1-28(2)38(35,36)32-13-12-25(20-32)37-24-10-8-22(9-11-24)27(34)31-18-23(19-31)29-14-16-30(17-15-29)26(33)21-6-4-3-5-7-21;30-24(19-4-2-1-3-5-19)28-14-12-27(13-15-28)21-17-29(18-21)25(31)20-6-8-22(9-7-20)32-23-10-11-26-16-23;1-4(2)7(3,5)6/h4-12,24,26H,13-21H2,1-3H3;3-11,23,25H,12-20H2,1-2H3;1-9,21,23,26H,10-18H2;1-2H3/t26-;;23-;/m0.0./s1. The van der Waals surface area contributed by atoms with Gasteiger partial charge in [-0.15, -0.1) is 0 Å². The first-order valence-electron chi connectivity index (χ1n) is 39.9. The van der Waals surface area contributed by atoms with E-state index in [0.717, 1.165) is 118 Å². The van der Waals surface area contributed by atoms with E-state index in [1.165, 1.54) is 36.8 Å². The van der Waals surface area contributed by atoms with Crippen molar-refractivity contribution < 1.29 is 69.3 Å². The number of hydrogen-bond acceptors (Lipinski definition) is 19. The SMILES string of the molecule is CC(C)(C)OC(=O)N1CC[C@H](Oc2ccc(C(=O)N3CC(N4CCN(C(=O)c5ccccc5)CC4)C3)cc2)C1.CN(C)S(=O)(=O)Cl.CN(C)S(=O)(=O)N1CCC(Oc2ccc(C(=O)N3CC(N4CCN(C(=O)c5ccccc5)CC4)C3)cc2)C1.O=C(c1ccccc1)N1CCN(C2CN(C(=O)c3ccc(O[C@H]4CCNC4)cc3)C2)CC1. The van der Waals surface area contributed by atoms with Gasteiger partial charge in [0.15, 0.2) is 0 Å². The molecule has 0 saturated carbocycles. The summed E-state index contributed by atoms with van der Waals surface area (Å²) in [5.74, 6) is 2.49. The zero-order valence-electron chi connectivity index (χ0n) is 67.3. The quantitative estimate of drug-likeness (QED) is 0.0921. The van der Waals surface area contributed by atoms with E-state index < -0.39 is 25.0 Å². The fourth-order valence-corrected chi connectivity index (χ4v) is 16.3. The number of rotatable bonds is 18. The fraction of sp³-hybridized carbons (Fsp3) is 0.488. The van der Waals surface area contributed by atoms with E-state index >= 15 is 0 Å². The van der Waals surface area contributed by atoms with E-state index in [1.807, 2.05) is 178 Å². The van der Waals surface area contributed by atoms with Crippen LogP contribution >= 0.6 is 10.7 Å². The van der Waals surface area contributed by atoms with E-state index in [4.69, 9.17) is 29.6 Å². The number of nitrogens with one attached hydrogen (secondary N) is 1. The van der Waals surface area contributed by atoms with Crippen LogP contribution in [0.25, 0.3) is 0 Å². The van der Waals surface area contributed by atoms with E-state index in [9.17, 15) is 50.4 Å². The van der Waals surface area contributed by atoms with Crippen LogP contribution in [-0.4, -0.2) is 348 Å². The van der Waals surface area contributed by atoms with E-state index in [2.05, 4.69) is 20.0 Å². The summed E-state index contributed by atoms with van der Waals surface area (Å²) in [7, 11) is 3.66. The van der Waals surface area contributed by atoms with Crippen molar-refractivity contribution in [2.75, 3.05) is 185 Å². The molecule has 9 aliphatic heterocycles. The molecule has 624 valence electrons. The van der Waals surface area contributed by atoms with Crippen LogP contribution in [-0.2, 0) is 24.2 Å². The molecule has 32 heteroatoms. The highest BCUT2D eigenvalue weighted by molar-refractivity contribution is 8.11. The largest absolute Gasteiger partial charge is 0.489 e. The van der Waals surface area contributed by atoms with Crippen LogP contribution in [0.3, 0.4) is 0 Å². The second-order valence-electron chi connectivity index (χ2n) is 31.8. The van der Waals surface area contributed by atoms with Crippen molar-refractivity contribution >= 4 is 71.7 Å². The van der Waals surface area contributed by atoms with Gasteiger partial charge in [-0.05, 0) is 149 Å². The molecular formula is C84H109ClN14O15S2. The Kier molecular flexibility index (Phi) is 28.8. The molecule has 0 spiro atoms. The van der Waals surface area contributed by atoms with E-state index in [-0.39, 0.29) is 59.8 Å². The first kappa shape index (κ1) is 86.1. The Labute approximate surface area is 686 Å². The third-order valence-electron chi connectivity index (χ3n) is 22.2. The number of halogens is 1. The summed E-state index contributed by atoms with van der Waals surface area (Å²) in [6.07, 6.45) is 1.97. The lowest BCUT2D eigenvalue weighted by Crippen LogP contribution is -2.64. The molecule has 0 radical (unpaired) electrons. The van der Waals surface area contributed by atoms with Crippen LogP contribution in [0.5, 0.6) is 17.2 Å². The van der Waals surface area contributed by atoms with Crippen molar-refractivity contribution in [1.82, 2.24) is 67.2 Å². The maximum Gasteiger partial charge on any atom is 0.410 e. The lowest BCUT2D eigenvalue weighted by Gasteiger charge is -2.48. The molecule has 1 unspecified atom stereocenters. The number of carbonyl (C=O) groups is 7. The predicted molar refractivity (Wildman–Crippen MR) is 441 cm³/mol. The fourth-order valence-electron chi connectivity index (χ4n) is 15.1.